The molecule has 4 aromatic rings. The van der Waals surface area contributed by atoms with Crippen LogP contribution in [0.4, 0.5) is 0 Å². The van der Waals surface area contributed by atoms with Crippen molar-refractivity contribution >= 4 is 16.8 Å². The zero-order valence-corrected chi connectivity index (χ0v) is 17.0. The molecule has 1 N–H and O–H groups in total. The van der Waals surface area contributed by atoms with Crippen molar-refractivity contribution in [3.05, 3.63) is 89.4 Å². The van der Waals surface area contributed by atoms with E-state index in [1.165, 1.54) is 11.8 Å². The molecule has 29 heavy (non-hydrogen) atoms. The third-order valence-corrected chi connectivity index (χ3v) is 5.23. The summed E-state index contributed by atoms with van der Waals surface area (Å²) in [4.78, 5) is 12.6. The normalized spacial score (nSPS) is 11.8. The van der Waals surface area contributed by atoms with Gasteiger partial charge in [-0.05, 0) is 40.8 Å². The fourth-order valence-electron chi connectivity index (χ4n) is 3.57. The lowest BCUT2D eigenvalue weighted by Crippen LogP contribution is -2.27. The van der Waals surface area contributed by atoms with Crippen molar-refractivity contribution in [2.45, 2.75) is 39.3 Å². The molecule has 0 aliphatic rings. The van der Waals surface area contributed by atoms with Gasteiger partial charge in [0.15, 0.2) is 5.76 Å². The van der Waals surface area contributed by atoms with Gasteiger partial charge in [0.1, 0.15) is 0 Å². The van der Waals surface area contributed by atoms with Gasteiger partial charge in [0, 0.05) is 0 Å². The Morgan fingerprint density at radius 1 is 0.931 bits per heavy atom. The molecule has 0 spiro atoms. The summed E-state index contributed by atoms with van der Waals surface area (Å²) in [5.41, 5.74) is 4.61. The molecular formula is C24H25N3O2. The van der Waals surface area contributed by atoms with Crippen LogP contribution >= 0.6 is 0 Å². The first kappa shape index (κ1) is 19.0. The molecule has 148 valence electrons. The maximum absolute atomic E-state index is 12.6. The van der Waals surface area contributed by atoms with Crippen LogP contribution in [0.5, 0.6) is 0 Å². The minimum atomic E-state index is -0.147. The molecule has 0 fully saturated rings. The Balaban J connectivity index is 1.71. The fraction of sp³-hybridized carbons (Fsp3) is 0.250. The summed E-state index contributed by atoms with van der Waals surface area (Å²) in [6, 6.07) is 19.7. The zero-order valence-electron chi connectivity index (χ0n) is 17.0. The number of carbonyl (C=O) groups excluding carboxylic acids is 1. The number of fused-ring (bicyclic) bond motifs is 1. The Bertz CT molecular complexity index is 1200. The monoisotopic (exact) mass is 387 g/mol. The van der Waals surface area contributed by atoms with Crippen LogP contribution in [0.3, 0.4) is 0 Å². The van der Waals surface area contributed by atoms with Gasteiger partial charge in [0.05, 0.1) is 30.4 Å². The van der Waals surface area contributed by atoms with Gasteiger partial charge in [-0.25, -0.2) is 0 Å². The third-order valence-electron chi connectivity index (χ3n) is 5.23. The zero-order chi connectivity index (χ0) is 20.6. The molecule has 0 atom stereocenters. The molecule has 0 radical (unpaired) electrons. The molecule has 5 nitrogen and oxygen atoms in total. The lowest BCUT2D eigenvalue weighted by Gasteiger charge is -2.19. The van der Waals surface area contributed by atoms with Crippen molar-refractivity contribution in [2.75, 3.05) is 0 Å². The first-order valence-corrected chi connectivity index (χ1v) is 9.73. The highest BCUT2D eigenvalue weighted by molar-refractivity contribution is 5.94. The number of ketones is 1. The second kappa shape index (κ2) is 7.24. The third kappa shape index (κ3) is 3.68. The largest absolute Gasteiger partial charge is 0.461 e. The van der Waals surface area contributed by atoms with E-state index in [1.807, 2.05) is 28.8 Å². The van der Waals surface area contributed by atoms with Crippen LogP contribution in [0.25, 0.3) is 11.0 Å². The number of benzene rings is 2. The molecule has 0 aliphatic carbocycles. The summed E-state index contributed by atoms with van der Waals surface area (Å²) in [5.74, 6) is 0.164. The highest BCUT2D eigenvalue weighted by Crippen LogP contribution is 2.23. The van der Waals surface area contributed by atoms with Gasteiger partial charge < -0.3 is 13.6 Å². The van der Waals surface area contributed by atoms with Gasteiger partial charge >= 0.3 is 0 Å². The van der Waals surface area contributed by atoms with E-state index in [9.17, 15) is 4.79 Å². The van der Waals surface area contributed by atoms with Crippen molar-refractivity contribution in [2.24, 2.45) is 0 Å². The Morgan fingerprint density at radius 2 is 1.59 bits per heavy atom. The van der Waals surface area contributed by atoms with Gasteiger partial charge in [0.25, 0.3) is 0 Å². The van der Waals surface area contributed by atoms with Gasteiger partial charge in [-0.15, -0.1) is 0 Å². The number of hydrogen-bond donors (Lipinski definition) is 1. The van der Waals surface area contributed by atoms with Crippen LogP contribution in [0.1, 0.15) is 42.5 Å². The average Bonchev–Trinajstić information content (AvgIpc) is 3.31. The number of Topliss-reactive ketones (excluding diaryl/α,β-unsaturated/α-hetero) is 1. The van der Waals surface area contributed by atoms with Crippen molar-refractivity contribution in [3.8, 4) is 0 Å². The molecule has 2 aromatic heterocycles. The summed E-state index contributed by atoms with van der Waals surface area (Å²) in [6.07, 6.45) is 1.49. The van der Waals surface area contributed by atoms with Crippen LogP contribution < -0.4 is 5.62 Å². The minimum absolute atomic E-state index is 0.0722. The number of nitrogens with zero attached hydrogens (tertiary/aromatic N) is 2. The van der Waals surface area contributed by atoms with Crippen molar-refractivity contribution in [1.29, 1.82) is 5.41 Å². The Labute approximate surface area is 169 Å². The van der Waals surface area contributed by atoms with E-state index in [0.29, 0.717) is 17.9 Å². The summed E-state index contributed by atoms with van der Waals surface area (Å²) in [7, 11) is 0. The quantitative estimate of drug-likeness (QED) is 0.503. The van der Waals surface area contributed by atoms with Crippen LogP contribution in [0, 0.1) is 5.41 Å². The summed E-state index contributed by atoms with van der Waals surface area (Å²) < 4.78 is 8.91. The second-order valence-corrected chi connectivity index (χ2v) is 8.33. The van der Waals surface area contributed by atoms with E-state index >= 15 is 0 Å². The van der Waals surface area contributed by atoms with E-state index in [0.717, 1.165) is 16.6 Å². The van der Waals surface area contributed by atoms with Crippen LogP contribution in [-0.2, 0) is 18.5 Å². The number of hydrogen-bond acceptors (Lipinski definition) is 3. The fourth-order valence-corrected chi connectivity index (χ4v) is 3.57. The highest BCUT2D eigenvalue weighted by atomic mass is 16.3. The number of carbonyl (C=O) groups is 1. The maximum Gasteiger partial charge on any atom is 0.217 e. The highest BCUT2D eigenvalue weighted by Gasteiger charge is 2.17. The van der Waals surface area contributed by atoms with Gasteiger partial charge in [-0.3, -0.25) is 10.2 Å². The van der Waals surface area contributed by atoms with Gasteiger partial charge in [-0.1, -0.05) is 57.2 Å². The molecule has 2 aromatic carbocycles. The van der Waals surface area contributed by atoms with E-state index in [-0.39, 0.29) is 17.7 Å². The number of para-hydroxylation sites is 2. The summed E-state index contributed by atoms with van der Waals surface area (Å²) in [6.45, 7) is 7.24. The maximum atomic E-state index is 12.6. The molecule has 0 saturated heterocycles. The molecular weight excluding hydrogens is 362 g/mol. The van der Waals surface area contributed by atoms with E-state index in [4.69, 9.17) is 9.83 Å². The van der Waals surface area contributed by atoms with Crippen molar-refractivity contribution in [1.82, 2.24) is 9.13 Å². The molecule has 0 bridgehead atoms. The summed E-state index contributed by atoms with van der Waals surface area (Å²) in [5, 5.41) is 8.73. The lowest BCUT2D eigenvalue weighted by molar-refractivity contribution is 0.0944. The standard InChI is InChI=1S/C24H25N3O2/c1-24(2,3)18-12-10-17(11-13-18)15-26-19-7-4-5-8-20(19)27(23(26)25)16-21(28)22-9-6-14-29-22/h4-14,25H,15-16H2,1-3H3. The van der Waals surface area contributed by atoms with Crippen LogP contribution in [0.15, 0.2) is 71.3 Å². The van der Waals surface area contributed by atoms with Crippen molar-refractivity contribution in [3.63, 3.8) is 0 Å². The number of rotatable bonds is 5. The first-order valence-electron chi connectivity index (χ1n) is 9.73. The topological polar surface area (TPSA) is 63.9 Å². The van der Waals surface area contributed by atoms with Crippen LogP contribution in [-0.4, -0.2) is 14.9 Å². The minimum Gasteiger partial charge on any atom is -0.461 e. The molecule has 0 unspecified atom stereocenters. The van der Waals surface area contributed by atoms with Gasteiger partial charge in [-0.2, -0.15) is 0 Å². The smallest absolute Gasteiger partial charge is 0.217 e. The number of furan rings is 1. The van der Waals surface area contributed by atoms with E-state index < -0.39 is 0 Å². The second-order valence-electron chi connectivity index (χ2n) is 8.33. The van der Waals surface area contributed by atoms with E-state index in [1.54, 1.807) is 16.7 Å². The molecule has 0 saturated carbocycles. The lowest BCUT2D eigenvalue weighted by atomic mass is 9.87. The molecule has 2 heterocycles. The Kier molecular flexibility index (Phi) is 4.74. The first-order chi connectivity index (χ1) is 13.8. The average molecular weight is 387 g/mol. The van der Waals surface area contributed by atoms with Gasteiger partial charge in [0.2, 0.25) is 11.4 Å². The molecule has 0 amide bonds. The van der Waals surface area contributed by atoms with E-state index in [2.05, 4.69) is 45.0 Å². The predicted molar refractivity (Wildman–Crippen MR) is 113 cm³/mol. The number of nitrogens with one attached hydrogen (secondary N) is 1. The Morgan fingerprint density at radius 3 is 2.17 bits per heavy atom. The number of imidazole rings is 1. The molecule has 4 rings (SSSR count). The van der Waals surface area contributed by atoms with Crippen molar-refractivity contribution < 1.29 is 9.21 Å². The number of aromatic nitrogens is 2. The summed E-state index contributed by atoms with van der Waals surface area (Å²) >= 11 is 0. The molecule has 5 heteroatoms. The Hall–Kier alpha value is -3.34. The predicted octanol–water partition coefficient (Wildman–Crippen LogP) is 4.74. The SMILES string of the molecule is CC(C)(C)c1ccc(Cn2c(=N)n(CC(=O)c3ccco3)c3ccccc32)cc1. The molecule has 0 aliphatic heterocycles. The van der Waals surface area contributed by atoms with Crippen LogP contribution in [0.2, 0.25) is 0 Å².